The number of hydrogen-bond donors (Lipinski definition) is 2. The lowest BCUT2D eigenvalue weighted by molar-refractivity contribution is 0.312. The molecule has 0 radical (unpaired) electrons. The molecule has 1 fully saturated rings. The summed E-state index contributed by atoms with van der Waals surface area (Å²) in [5.41, 5.74) is 9.56. The number of nitrogens with zero attached hydrogens (tertiary/aromatic N) is 2. The Morgan fingerprint density at radius 2 is 1.87 bits per heavy atom. The van der Waals surface area contributed by atoms with Gasteiger partial charge >= 0.3 is 0 Å². The van der Waals surface area contributed by atoms with Crippen molar-refractivity contribution in [3.8, 4) is 0 Å². The van der Waals surface area contributed by atoms with Crippen LogP contribution in [0.3, 0.4) is 0 Å². The highest BCUT2D eigenvalue weighted by atomic mass is 32.2. The number of nitrogens with one attached hydrogen (secondary N) is 1. The van der Waals surface area contributed by atoms with Gasteiger partial charge in [-0.2, -0.15) is 0 Å². The molecule has 1 aliphatic carbocycles. The van der Waals surface area contributed by atoms with Gasteiger partial charge in [0, 0.05) is 24.1 Å². The quantitative estimate of drug-likeness (QED) is 0.832. The van der Waals surface area contributed by atoms with E-state index in [1.54, 1.807) is 12.4 Å². The van der Waals surface area contributed by atoms with Crippen molar-refractivity contribution < 1.29 is 8.42 Å². The minimum absolute atomic E-state index is 0.0682. The van der Waals surface area contributed by atoms with Gasteiger partial charge in [-0.25, -0.2) is 13.1 Å². The molecule has 1 saturated carbocycles. The molecule has 0 saturated heterocycles. The molecule has 0 unspecified atom stereocenters. The first kappa shape index (κ1) is 16.1. The fourth-order valence-corrected chi connectivity index (χ4v) is 4.27. The standard InChI is InChI=1S/C16H22N4O2S/c1-23(21,22)20-14-4-2-11(3-5-14)8-12-9-13(17)10-15-16(12)19-7-6-18-15/h6-7,9-11,14,20H,2-5,8,17H2,1H3. The Bertz CT molecular complexity index is 799. The van der Waals surface area contributed by atoms with Gasteiger partial charge in [-0.3, -0.25) is 9.97 Å². The molecule has 1 aromatic carbocycles. The highest BCUT2D eigenvalue weighted by Gasteiger charge is 2.24. The van der Waals surface area contributed by atoms with Crippen molar-refractivity contribution in [1.29, 1.82) is 0 Å². The van der Waals surface area contributed by atoms with Crippen molar-refractivity contribution in [2.75, 3.05) is 12.0 Å². The number of anilines is 1. The molecule has 0 atom stereocenters. The summed E-state index contributed by atoms with van der Waals surface area (Å²) in [4.78, 5) is 8.77. The number of nitrogens with two attached hydrogens (primary N) is 1. The summed E-state index contributed by atoms with van der Waals surface area (Å²) < 4.78 is 25.3. The van der Waals surface area contributed by atoms with Crippen LogP contribution in [0.25, 0.3) is 11.0 Å². The number of benzene rings is 1. The van der Waals surface area contributed by atoms with Crippen LogP contribution >= 0.6 is 0 Å². The molecule has 6 nitrogen and oxygen atoms in total. The van der Waals surface area contributed by atoms with Gasteiger partial charge < -0.3 is 5.73 Å². The van der Waals surface area contributed by atoms with Gasteiger partial charge in [0.1, 0.15) is 0 Å². The summed E-state index contributed by atoms with van der Waals surface area (Å²) in [5.74, 6) is 0.527. The lowest BCUT2D eigenvalue weighted by atomic mass is 9.82. The normalized spacial score (nSPS) is 22.3. The Hall–Kier alpha value is -1.73. The largest absolute Gasteiger partial charge is 0.399 e. The van der Waals surface area contributed by atoms with Crippen LogP contribution < -0.4 is 10.5 Å². The summed E-state index contributed by atoms with van der Waals surface area (Å²) in [6.45, 7) is 0. The summed E-state index contributed by atoms with van der Waals surface area (Å²) in [6, 6.07) is 3.90. The third kappa shape index (κ3) is 4.17. The molecule has 2 aromatic rings. The minimum Gasteiger partial charge on any atom is -0.399 e. The van der Waals surface area contributed by atoms with Crippen LogP contribution in [0.4, 0.5) is 5.69 Å². The number of rotatable bonds is 4. The average molecular weight is 334 g/mol. The molecular formula is C16H22N4O2S. The molecular weight excluding hydrogens is 312 g/mol. The lowest BCUT2D eigenvalue weighted by Crippen LogP contribution is -2.37. The van der Waals surface area contributed by atoms with Crippen molar-refractivity contribution in [1.82, 2.24) is 14.7 Å². The van der Waals surface area contributed by atoms with Crippen LogP contribution in [0.1, 0.15) is 31.2 Å². The van der Waals surface area contributed by atoms with Gasteiger partial charge in [-0.15, -0.1) is 0 Å². The summed E-state index contributed by atoms with van der Waals surface area (Å²) in [6.07, 6.45) is 9.27. The number of sulfonamides is 1. The van der Waals surface area contributed by atoms with Gasteiger partial charge in [0.2, 0.25) is 10.0 Å². The first-order chi connectivity index (χ1) is 10.9. The van der Waals surface area contributed by atoms with Gasteiger partial charge in [0.25, 0.3) is 0 Å². The Kier molecular flexibility index (Phi) is 4.50. The number of nitrogen functional groups attached to an aromatic ring is 1. The summed E-state index contributed by atoms with van der Waals surface area (Å²) in [5, 5.41) is 0. The van der Waals surface area contributed by atoms with E-state index in [0.29, 0.717) is 11.6 Å². The zero-order valence-electron chi connectivity index (χ0n) is 13.2. The second-order valence-electron chi connectivity index (χ2n) is 6.42. The van der Waals surface area contributed by atoms with E-state index in [-0.39, 0.29) is 6.04 Å². The van der Waals surface area contributed by atoms with E-state index in [2.05, 4.69) is 14.7 Å². The maximum atomic E-state index is 11.3. The van der Waals surface area contributed by atoms with E-state index in [1.165, 1.54) is 6.26 Å². The average Bonchev–Trinajstić information content (AvgIpc) is 2.47. The Morgan fingerprint density at radius 1 is 1.17 bits per heavy atom. The third-order valence-electron chi connectivity index (χ3n) is 4.41. The summed E-state index contributed by atoms with van der Waals surface area (Å²) in [7, 11) is -3.12. The van der Waals surface area contributed by atoms with Crippen LogP contribution in [0.15, 0.2) is 24.5 Å². The predicted octanol–water partition coefficient (Wildman–Crippen LogP) is 1.86. The van der Waals surface area contributed by atoms with Crippen molar-refractivity contribution in [3.05, 3.63) is 30.1 Å². The van der Waals surface area contributed by atoms with Crippen LogP contribution in [0.5, 0.6) is 0 Å². The van der Waals surface area contributed by atoms with Crippen LogP contribution in [0.2, 0.25) is 0 Å². The van der Waals surface area contributed by atoms with Crippen LogP contribution in [-0.2, 0) is 16.4 Å². The van der Waals surface area contributed by atoms with E-state index in [9.17, 15) is 8.42 Å². The molecule has 0 bridgehead atoms. The maximum Gasteiger partial charge on any atom is 0.208 e. The SMILES string of the molecule is CS(=O)(=O)NC1CCC(Cc2cc(N)cc3nccnc23)CC1. The molecule has 1 heterocycles. The molecule has 0 amide bonds. The highest BCUT2D eigenvalue weighted by Crippen LogP contribution is 2.30. The molecule has 23 heavy (non-hydrogen) atoms. The van der Waals surface area contributed by atoms with Gasteiger partial charge in [0.05, 0.1) is 17.3 Å². The zero-order chi connectivity index (χ0) is 16.4. The monoisotopic (exact) mass is 334 g/mol. The van der Waals surface area contributed by atoms with Crippen molar-refractivity contribution >= 4 is 26.7 Å². The predicted molar refractivity (Wildman–Crippen MR) is 91.4 cm³/mol. The minimum atomic E-state index is -3.12. The van der Waals surface area contributed by atoms with Crippen molar-refractivity contribution in [3.63, 3.8) is 0 Å². The second kappa shape index (κ2) is 6.41. The first-order valence-corrected chi connectivity index (χ1v) is 9.76. The Morgan fingerprint density at radius 3 is 2.57 bits per heavy atom. The molecule has 1 aliphatic rings. The second-order valence-corrected chi connectivity index (χ2v) is 8.20. The van der Waals surface area contributed by atoms with Crippen LogP contribution in [0, 0.1) is 5.92 Å². The maximum absolute atomic E-state index is 11.3. The Balaban J connectivity index is 1.70. The highest BCUT2D eigenvalue weighted by molar-refractivity contribution is 7.88. The molecule has 3 rings (SSSR count). The number of fused-ring (bicyclic) bond motifs is 1. The van der Waals surface area contributed by atoms with Crippen LogP contribution in [-0.4, -0.2) is 30.7 Å². The molecule has 7 heteroatoms. The third-order valence-corrected chi connectivity index (χ3v) is 5.17. The molecule has 124 valence electrons. The molecule has 1 aromatic heterocycles. The number of aromatic nitrogens is 2. The summed E-state index contributed by atoms with van der Waals surface area (Å²) >= 11 is 0. The topological polar surface area (TPSA) is 98.0 Å². The van der Waals surface area contributed by atoms with Crippen molar-refractivity contribution in [2.45, 2.75) is 38.1 Å². The molecule has 0 aliphatic heterocycles. The van der Waals surface area contributed by atoms with E-state index in [4.69, 9.17) is 5.73 Å². The van der Waals surface area contributed by atoms with Crippen molar-refractivity contribution in [2.24, 2.45) is 5.92 Å². The van der Waals surface area contributed by atoms with Gasteiger partial charge in [-0.1, -0.05) is 0 Å². The fraction of sp³-hybridized carbons (Fsp3) is 0.500. The lowest BCUT2D eigenvalue weighted by Gasteiger charge is -2.28. The van der Waals surface area contributed by atoms with E-state index in [0.717, 1.165) is 48.7 Å². The first-order valence-electron chi connectivity index (χ1n) is 7.87. The fourth-order valence-electron chi connectivity index (χ4n) is 3.42. The zero-order valence-corrected chi connectivity index (χ0v) is 14.0. The van der Waals surface area contributed by atoms with Gasteiger partial charge in [-0.05, 0) is 55.7 Å². The molecule has 0 spiro atoms. The van der Waals surface area contributed by atoms with E-state index < -0.39 is 10.0 Å². The van der Waals surface area contributed by atoms with E-state index >= 15 is 0 Å². The number of hydrogen-bond acceptors (Lipinski definition) is 5. The molecule has 3 N–H and O–H groups in total. The van der Waals surface area contributed by atoms with E-state index in [1.807, 2.05) is 12.1 Å². The smallest absolute Gasteiger partial charge is 0.208 e. The van der Waals surface area contributed by atoms with Gasteiger partial charge in [0.15, 0.2) is 0 Å². The Labute approximate surface area is 136 Å².